The molecule has 3 N–H and O–H groups in total. The van der Waals surface area contributed by atoms with Gasteiger partial charge in [0.15, 0.2) is 0 Å². The molecule has 0 saturated heterocycles. The van der Waals surface area contributed by atoms with Crippen LogP contribution >= 0.6 is 0 Å². The van der Waals surface area contributed by atoms with Crippen molar-refractivity contribution in [3.05, 3.63) is 0 Å². The highest BCUT2D eigenvalue weighted by atomic mass is 16.3. The van der Waals surface area contributed by atoms with Crippen molar-refractivity contribution in [2.75, 3.05) is 0 Å². The van der Waals surface area contributed by atoms with Crippen molar-refractivity contribution < 1.29 is 9.90 Å². The van der Waals surface area contributed by atoms with Crippen molar-refractivity contribution in [3.63, 3.8) is 0 Å². The van der Waals surface area contributed by atoms with E-state index in [0.29, 0.717) is 0 Å². The monoisotopic (exact) mass is 161 g/mol. The van der Waals surface area contributed by atoms with E-state index in [2.05, 4.69) is 20.8 Å². The number of hydrogen-bond acceptors (Lipinski definition) is 2. The summed E-state index contributed by atoms with van der Waals surface area (Å²) < 4.78 is 0. The summed E-state index contributed by atoms with van der Waals surface area (Å²) in [6.07, 6.45) is 3.29. The Kier molecular flexibility index (Phi) is 8.94. The molecule has 0 fully saturated rings. The van der Waals surface area contributed by atoms with Gasteiger partial charge in [0.2, 0.25) is 0 Å². The van der Waals surface area contributed by atoms with Crippen molar-refractivity contribution in [2.45, 2.75) is 45.6 Å². The Bertz CT molecular complexity index is 81.8. The maximum Gasteiger partial charge on any atom is 0.290 e. The van der Waals surface area contributed by atoms with E-state index in [9.17, 15) is 0 Å². The molecule has 0 spiro atoms. The van der Waals surface area contributed by atoms with Crippen LogP contribution in [-0.2, 0) is 4.79 Å². The summed E-state index contributed by atoms with van der Waals surface area (Å²) in [5, 5.41) is 6.89. The zero-order chi connectivity index (χ0) is 9.33. The second kappa shape index (κ2) is 7.54. The molecule has 68 valence electrons. The van der Waals surface area contributed by atoms with Crippen LogP contribution in [0.15, 0.2) is 0 Å². The summed E-state index contributed by atoms with van der Waals surface area (Å²) in [5.41, 5.74) is 6.02. The van der Waals surface area contributed by atoms with Crippen LogP contribution in [0, 0.1) is 0 Å². The van der Waals surface area contributed by atoms with Gasteiger partial charge < -0.3 is 10.8 Å². The minimum atomic E-state index is -0.250. The standard InChI is InChI=1S/C7H17N.CH2O2/c1-4-7(8,5-2)6-3;2-1-3/h4-6,8H2,1-3H3;1H,(H,2,3). The molecule has 11 heavy (non-hydrogen) atoms. The van der Waals surface area contributed by atoms with Gasteiger partial charge in [-0.05, 0) is 19.3 Å². The van der Waals surface area contributed by atoms with Crippen LogP contribution in [0.2, 0.25) is 0 Å². The summed E-state index contributed by atoms with van der Waals surface area (Å²) in [4.78, 5) is 8.36. The highest BCUT2D eigenvalue weighted by Gasteiger charge is 2.15. The third-order valence-electron chi connectivity index (χ3n) is 2.11. The second-order valence-electron chi connectivity index (χ2n) is 2.53. The Labute approximate surface area is 68.6 Å². The predicted molar refractivity (Wildman–Crippen MR) is 46.5 cm³/mol. The average Bonchev–Trinajstić information content (AvgIpc) is 2.05. The fraction of sp³-hybridized carbons (Fsp3) is 0.875. The summed E-state index contributed by atoms with van der Waals surface area (Å²) in [6, 6.07) is 0. The van der Waals surface area contributed by atoms with E-state index < -0.39 is 0 Å². The molecule has 0 rings (SSSR count). The Hall–Kier alpha value is -0.570. The number of carboxylic acid groups (broad SMARTS) is 1. The third-order valence-corrected chi connectivity index (χ3v) is 2.11. The van der Waals surface area contributed by atoms with Crippen LogP contribution in [0.3, 0.4) is 0 Å². The number of rotatable bonds is 3. The highest BCUT2D eigenvalue weighted by molar-refractivity contribution is 5.32. The van der Waals surface area contributed by atoms with Crippen LogP contribution in [-0.4, -0.2) is 17.1 Å². The Morgan fingerprint density at radius 1 is 1.27 bits per heavy atom. The van der Waals surface area contributed by atoms with Gasteiger partial charge in [0.1, 0.15) is 0 Å². The fourth-order valence-corrected chi connectivity index (χ4v) is 0.750. The first kappa shape index (κ1) is 13.1. The Morgan fingerprint density at radius 2 is 1.45 bits per heavy atom. The number of nitrogens with two attached hydrogens (primary N) is 1. The Morgan fingerprint density at radius 3 is 1.45 bits per heavy atom. The van der Waals surface area contributed by atoms with Crippen LogP contribution in [0.25, 0.3) is 0 Å². The molecule has 0 aromatic carbocycles. The highest BCUT2D eigenvalue weighted by Crippen LogP contribution is 2.14. The van der Waals surface area contributed by atoms with Crippen molar-refractivity contribution in [1.82, 2.24) is 0 Å². The van der Waals surface area contributed by atoms with Crippen molar-refractivity contribution in [2.24, 2.45) is 5.73 Å². The first-order valence-corrected chi connectivity index (χ1v) is 3.96. The second-order valence-corrected chi connectivity index (χ2v) is 2.53. The van der Waals surface area contributed by atoms with Crippen LogP contribution in [0.5, 0.6) is 0 Å². The molecule has 0 bridgehead atoms. The zero-order valence-corrected chi connectivity index (χ0v) is 7.63. The van der Waals surface area contributed by atoms with Gasteiger partial charge in [0, 0.05) is 5.54 Å². The van der Waals surface area contributed by atoms with E-state index >= 15 is 0 Å². The fourth-order valence-electron chi connectivity index (χ4n) is 0.750. The molecule has 0 saturated carbocycles. The molecule has 0 aromatic rings. The van der Waals surface area contributed by atoms with E-state index in [-0.39, 0.29) is 12.0 Å². The van der Waals surface area contributed by atoms with Gasteiger partial charge in [-0.1, -0.05) is 20.8 Å². The lowest BCUT2D eigenvalue weighted by atomic mass is 9.92. The smallest absolute Gasteiger partial charge is 0.290 e. The molecular formula is C8H19NO2. The Balaban J connectivity index is 0. The summed E-state index contributed by atoms with van der Waals surface area (Å²) >= 11 is 0. The van der Waals surface area contributed by atoms with Gasteiger partial charge >= 0.3 is 0 Å². The van der Waals surface area contributed by atoms with E-state index in [1.165, 1.54) is 0 Å². The van der Waals surface area contributed by atoms with E-state index in [1.807, 2.05) is 0 Å². The van der Waals surface area contributed by atoms with Gasteiger partial charge in [-0.15, -0.1) is 0 Å². The maximum atomic E-state index is 8.36. The molecule has 0 aliphatic rings. The molecule has 0 aliphatic heterocycles. The lowest BCUT2D eigenvalue weighted by Gasteiger charge is -2.23. The summed E-state index contributed by atoms with van der Waals surface area (Å²) in [5.74, 6) is 0. The molecule has 3 nitrogen and oxygen atoms in total. The van der Waals surface area contributed by atoms with E-state index in [1.54, 1.807) is 0 Å². The average molecular weight is 161 g/mol. The van der Waals surface area contributed by atoms with Crippen molar-refractivity contribution in [1.29, 1.82) is 0 Å². The molecular weight excluding hydrogens is 142 g/mol. The quantitative estimate of drug-likeness (QED) is 0.618. The molecule has 3 heteroatoms. The predicted octanol–water partition coefficient (Wildman–Crippen LogP) is 1.61. The topological polar surface area (TPSA) is 63.3 Å². The molecule has 0 radical (unpaired) electrons. The van der Waals surface area contributed by atoms with Crippen LogP contribution < -0.4 is 5.73 Å². The molecule has 0 aromatic heterocycles. The zero-order valence-electron chi connectivity index (χ0n) is 7.63. The normalized spacial score (nSPS) is 9.82. The first-order chi connectivity index (χ1) is 5.10. The maximum absolute atomic E-state index is 8.36. The van der Waals surface area contributed by atoms with Gasteiger partial charge in [0.25, 0.3) is 6.47 Å². The van der Waals surface area contributed by atoms with Gasteiger partial charge in [-0.2, -0.15) is 0 Å². The molecule has 0 atom stereocenters. The summed E-state index contributed by atoms with van der Waals surface area (Å²) in [7, 11) is 0. The SMILES string of the molecule is CCC(N)(CC)CC.O=CO. The van der Waals surface area contributed by atoms with Gasteiger partial charge in [-0.3, -0.25) is 4.79 Å². The minimum absolute atomic E-state index is 0.125. The molecule has 0 heterocycles. The van der Waals surface area contributed by atoms with Gasteiger partial charge in [0.05, 0.1) is 0 Å². The van der Waals surface area contributed by atoms with Crippen molar-refractivity contribution in [3.8, 4) is 0 Å². The largest absolute Gasteiger partial charge is 0.483 e. The van der Waals surface area contributed by atoms with Gasteiger partial charge in [-0.25, -0.2) is 0 Å². The van der Waals surface area contributed by atoms with E-state index in [4.69, 9.17) is 15.6 Å². The molecule has 0 aliphatic carbocycles. The van der Waals surface area contributed by atoms with Crippen LogP contribution in [0.1, 0.15) is 40.0 Å². The molecule has 0 unspecified atom stereocenters. The van der Waals surface area contributed by atoms with Crippen molar-refractivity contribution >= 4 is 6.47 Å². The first-order valence-electron chi connectivity index (χ1n) is 3.96. The lowest BCUT2D eigenvalue weighted by Crippen LogP contribution is -2.37. The van der Waals surface area contributed by atoms with Crippen LogP contribution in [0.4, 0.5) is 0 Å². The minimum Gasteiger partial charge on any atom is -0.483 e. The molecule has 0 amide bonds. The number of carbonyl (C=O) groups is 1. The summed E-state index contributed by atoms with van der Waals surface area (Å²) in [6.45, 7) is 6.19. The van der Waals surface area contributed by atoms with E-state index in [0.717, 1.165) is 19.3 Å². The number of hydrogen-bond donors (Lipinski definition) is 2. The third kappa shape index (κ3) is 7.33. The lowest BCUT2D eigenvalue weighted by molar-refractivity contribution is -0.122.